The van der Waals surface area contributed by atoms with Crippen LogP contribution in [0.2, 0.25) is 0 Å². The molecule has 1 fully saturated rings. The molecular weight excluding hydrogens is 234 g/mol. The van der Waals surface area contributed by atoms with Crippen LogP contribution in [0, 0.1) is 0 Å². The van der Waals surface area contributed by atoms with E-state index in [1.807, 2.05) is 0 Å². The summed E-state index contributed by atoms with van der Waals surface area (Å²) in [6.07, 6.45) is 3.46. The minimum atomic E-state index is -0.908. The Morgan fingerprint density at radius 1 is 1.44 bits per heavy atom. The molecule has 1 heterocycles. The number of rotatable bonds is 5. The van der Waals surface area contributed by atoms with Gasteiger partial charge in [-0.2, -0.15) is 0 Å². The first-order chi connectivity index (χ1) is 8.49. The molecule has 18 heavy (non-hydrogen) atoms. The van der Waals surface area contributed by atoms with Gasteiger partial charge in [0.05, 0.1) is 6.42 Å². The summed E-state index contributed by atoms with van der Waals surface area (Å²) in [7, 11) is 2.07. The first-order valence-electron chi connectivity index (χ1n) is 6.45. The average molecular weight is 257 g/mol. The Morgan fingerprint density at radius 3 is 2.78 bits per heavy atom. The zero-order valence-corrected chi connectivity index (χ0v) is 11.1. The predicted octanol–water partition coefficient (Wildman–Crippen LogP) is 0.633. The van der Waals surface area contributed by atoms with Gasteiger partial charge in [-0.1, -0.05) is 6.42 Å². The van der Waals surface area contributed by atoms with Crippen LogP contribution in [0.4, 0.5) is 4.79 Å². The topological polar surface area (TPSA) is 81.7 Å². The minimum Gasteiger partial charge on any atom is -0.481 e. The summed E-state index contributed by atoms with van der Waals surface area (Å²) in [6.45, 7) is 3.37. The molecule has 2 atom stereocenters. The lowest BCUT2D eigenvalue weighted by Crippen LogP contribution is -2.48. The Labute approximate surface area is 108 Å². The molecule has 2 unspecified atom stereocenters. The summed E-state index contributed by atoms with van der Waals surface area (Å²) in [5.41, 5.74) is 0. The van der Waals surface area contributed by atoms with Gasteiger partial charge >= 0.3 is 12.0 Å². The standard InChI is InChI=1S/C12H23N3O3/c1-9(7-11(16)17)14-12(18)13-8-10-5-3-4-6-15(10)2/h9-10H,3-8H2,1-2H3,(H,16,17)(H2,13,14,18). The van der Waals surface area contributed by atoms with Crippen LogP contribution in [0.3, 0.4) is 0 Å². The third-order valence-electron chi connectivity index (χ3n) is 3.28. The van der Waals surface area contributed by atoms with Gasteiger partial charge in [0.15, 0.2) is 0 Å². The molecule has 0 aliphatic carbocycles. The van der Waals surface area contributed by atoms with Crippen LogP contribution in [0.5, 0.6) is 0 Å². The van der Waals surface area contributed by atoms with Gasteiger partial charge in [0, 0.05) is 18.6 Å². The zero-order chi connectivity index (χ0) is 13.5. The maximum Gasteiger partial charge on any atom is 0.315 e. The Morgan fingerprint density at radius 2 is 2.17 bits per heavy atom. The number of carboxylic acids is 1. The Balaban J connectivity index is 2.21. The largest absolute Gasteiger partial charge is 0.481 e. The van der Waals surface area contributed by atoms with Crippen molar-refractivity contribution in [2.75, 3.05) is 20.1 Å². The summed E-state index contributed by atoms with van der Waals surface area (Å²) in [5.74, 6) is -0.908. The summed E-state index contributed by atoms with van der Waals surface area (Å²) in [6, 6.07) is -0.256. The smallest absolute Gasteiger partial charge is 0.315 e. The van der Waals surface area contributed by atoms with Gasteiger partial charge in [0.2, 0.25) is 0 Å². The quantitative estimate of drug-likeness (QED) is 0.675. The van der Waals surface area contributed by atoms with E-state index in [4.69, 9.17) is 5.11 Å². The van der Waals surface area contributed by atoms with E-state index in [2.05, 4.69) is 22.6 Å². The number of aliphatic carboxylic acids is 1. The molecule has 1 saturated heterocycles. The van der Waals surface area contributed by atoms with E-state index >= 15 is 0 Å². The number of carboxylic acid groups (broad SMARTS) is 1. The molecule has 0 bridgehead atoms. The second kappa shape index (κ2) is 7.20. The highest BCUT2D eigenvalue weighted by molar-refractivity contribution is 5.75. The van der Waals surface area contributed by atoms with Crippen LogP contribution < -0.4 is 10.6 Å². The van der Waals surface area contributed by atoms with Gasteiger partial charge in [-0.3, -0.25) is 4.79 Å². The molecule has 1 aliphatic heterocycles. The Bertz CT molecular complexity index is 296. The number of hydrogen-bond acceptors (Lipinski definition) is 3. The molecule has 6 heteroatoms. The predicted molar refractivity (Wildman–Crippen MR) is 68.5 cm³/mol. The molecule has 0 spiro atoms. The fourth-order valence-corrected chi connectivity index (χ4v) is 2.20. The number of nitrogens with zero attached hydrogens (tertiary/aromatic N) is 1. The molecular formula is C12H23N3O3. The summed E-state index contributed by atoms with van der Waals surface area (Å²) < 4.78 is 0. The van der Waals surface area contributed by atoms with E-state index in [9.17, 15) is 9.59 Å². The van der Waals surface area contributed by atoms with E-state index in [1.165, 1.54) is 12.8 Å². The van der Waals surface area contributed by atoms with E-state index in [1.54, 1.807) is 6.92 Å². The van der Waals surface area contributed by atoms with Gasteiger partial charge in [0.1, 0.15) is 0 Å². The maximum atomic E-state index is 11.6. The molecule has 0 aromatic rings. The summed E-state index contributed by atoms with van der Waals surface area (Å²) in [5, 5.41) is 14.0. The monoisotopic (exact) mass is 257 g/mol. The summed E-state index contributed by atoms with van der Waals surface area (Å²) in [4.78, 5) is 24.3. The number of piperidine rings is 1. The molecule has 6 nitrogen and oxygen atoms in total. The zero-order valence-electron chi connectivity index (χ0n) is 11.1. The van der Waals surface area contributed by atoms with Crippen molar-refractivity contribution >= 4 is 12.0 Å². The number of hydrogen-bond donors (Lipinski definition) is 3. The third kappa shape index (κ3) is 5.35. The Kier molecular flexibility index (Phi) is 5.91. The van der Waals surface area contributed by atoms with Crippen LogP contribution in [-0.2, 0) is 4.79 Å². The van der Waals surface area contributed by atoms with Crippen molar-refractivity contribution in [3.63, 3.8) is 0 Å². The van der Waals surface area contributed by atoms with Crippen LogP contribution in [0.25, 0.3) is 0 Å². The third-order valence-corrected chi connectivity index (χ3v) is 3.28. The van der Waals surface area contributed by atoms with Gasteiger partial charge in [-0.05, 0) is 33.4 Å². The minimum absolute atomic E-state index is 0.0588. The second-order valence-corrected chi connectivity index (χ2v) is 4.98. The average Bonchev–Trinajstić information content (AvgIpc) is 2.26. The van der Waals surface area contributed by atoms with Gasteiger partial charge in [0.25, 0.3) is 0 Å². The van der Waals surface area contributed by atoms with E-state index < -0.39 is 5.97 Å². The number of nitrogens with one attached hydrogen (secondary N) is 2. The van der Waals surface area contributed by atoms with Crippen LogP contribution in [0.1, 0.15) is 32.6 Å². The van der Waals surface area contributed by atoms with Crippen LogP contribution >= 0.6 is 0 Å². The van der Waals surface area contributed by atoms with Crippen LogP contribution in [0.15, 0.2) is 0 Å². The first-order valence-corrected chi connectivity index (χ1v) is 6.45. The van der Waals surface area contributed by atoms with Crippen molar-refractivity contribution in [3.8, 4) is 0 Å². The SMILES string of the molecule is CC(CC(=O)O)NC(=O)NCC1CCCCN1C. The summed E-state index contributed by atoms with van der Waals surface area (Å²) >= 11 is 0. The molecule has 1 rings (SSSR count). The van der Waals surface area contributed by atoms with Crippen molar-refractivity contribution in [2.45, 2.75) is 44.7 Å². The fourth-order valence-electron chi connectivity index (χ4n) is 2.20. The number of carbonyl (C=O) groups is 2. The normalized spacial score (nSPS) is 22.2. The van der Waals surface area contributed by atoms with Crippen LogP contribution in [-0.4, -0.2) is 54.2 Å². The molecule has 2 amide bonds. The number of likely N-dealkylation sites (N-methyl/N-ethyl adjacent to an activating group) is 1. The van der Waals surface area contributed by atoms with E-state index in [0.29, 0.717) is 12.6 Å². The molecule has 0 radical (unpaired) electrons. The lowest BCUT2D eigenvalue weighted by molar-refractivity contribution is -0.137. The number of amides is 2. The molecule has 0 aromatic carbocycles. The van der Waals surface area contributed by atoms with Crippen molar-refractivity contribution in [1.29, 1.82) is 0 Å². The highest BCUT2D eigenvalue weighted by Gasteiger charge is 2.19. The highest BCUT2D eigenvalue weighted by Crippen LogP contribution is 2.13. The van der Waals surface area contributed by atoms with Gasteiger partial charge in [-0.25, -0.2) is 4.79 Å². The van der Waals surface area contributed by atoms with E-state index in [0.717, 1.165) is 13.0 Å². The molecule has 0 aromatic heterocycles. The van der Waals surface area contributed by atoms with Crippen molar-refractivity contribution in [3.05, 3.63) is 0 Å². The molecule has 0 saturated carbocycles. The second-order valence-electron chi connectivity index (χ2n) is 4.98. The van der Waals surface area contributed by atoms with Crippen molar-refractivity contribution in [2.24, 2.45) is 0 Å². The lowest BCUT2D eigenvalue weighted by atomic mass is 10.0. The number of urea groups is 1. The van der Waals surface area contributed by atoms with E-state index in [-0.39, 0.29) is 18.5 Å². The first kappa shape index (κ1) is 14.8. The highest BCUT2D eigenvalue weighted by atomic mass is 16.4. The van der Waals surface area contributed by atoms with Gasteiger partial charge in [-0.15, -0.1) is 0 Å². The van der Waals surface area contributed by atoms with Crippen molar-refractivity contribution in [1.82, 2.24) is 15.5 Å². The number of carbonyl (C=O) groups excluding carboxylic acids is 1. The molecule has 104 valence electrons. The fraction of sp³-hybridized carbons (Fsp3) is 0.833. The Hall–Kier alpha value is -1.30. The lowest BCUT2D eigenvalue weighted by Gasteiger charge is -2.32. The van der Waals surface area contributed by atoms with Crippen molar-refractivity contribution < 1.29 is 14.7 Å². The number of likely N-dealkylation sites (tertiary alicyclic amines) is 1. The molecule has 1 aliphatic rings. The van der Waals surface area contributed by atoms with Gasteiger partial charge < -0.3 is 20.6 Å². The molecule has 3 N–H and O–H groups in total. The maximum absolute atomic E-state index is 11.6.